The van der Waals surface area contributed by atoms with Crippen molar-refractivity contribution in [3.05, 3.63) is 102 Å². The summed E-state index contributed by atoms with van der Waals surface area (Å²) in [7, 11) is 0. The highest BCUT2D eigenvalue weighted by molar-refractivity contribution is 5.94. The Morgan fingerprint density at radius 3 is 2.22 bits per heavy atom. The van der Waals surface area contributed by atoms with Crippen molar-refractivity contribution in [3.63, 3.8) is 0 Å². The van der Waals surface area contributed by atoms with E-state index in [-0.39, 0.29) is 24.5 Å². The van der Waals surface area contributed by atoms with Gasteiger partial charge in [-0.3, -0.25) is 4.79 Å². The van der Waals surface area contributed by atoms with Crippen LogP contribution in [0.4, 0.5) is 4.79 Å². The molecule has 0 bridgehead atoms. The molecule has 2 atom stereocenters. The van der Waals surface area contributed by atoms with Crippen molar-refractivity contribution in [2.75, 3.05) is 6.61 Å². The standard InChI is InChI=1S/C27H27NO4/c1-20(16-22-12-14-25(15-13-22)31-18-23-10-6-3-7-11-23)26(29)28-24(19-32-27(28)30)17-21-8-4-2-5-9-21/h2-15,20,24H,16-19H2,1H3/t20-,24-/m0/s1. The normalized spacial score (nSPS) is 16.5. The molecule has 32 heavy (non-hydrogen) atoms. The lowest BCUT2D eigenvalue weighted by Gasteiger charge is -2.23. The summed E-state index contributed by atoms with van der Waals surface area (Å²) in [6, 6.07) is 27.3. The maximum absolute atomic E-state index is 13.1. The van der Waals surface area contributed by atoms with Crippen LogP contribution >= 0.6 is 0 Å². The molecule has 0 saturated carbocycles. The molecule has 0 radical (unpaired) electrons. The zero-order valence-electron chi connectivity index (χ0n) is 18.1. The van der Waals surface area contributed by atoms with Gasteiger partial charge in [-0.2, -0.15) is 0 Å². The average Bonchev–Trinajstić information content (AvgIpc) is 3.19. The summed E-state index contributed by atoms with van der Waals surface area (Å²) >= 11 is 0. The number of cyclic esters (lactones) is 1. The van der Waals surface area contributed by atoms with E-state index in [1.165, 1.54) is 4.90 Å². The van der Waals surface area contributed by atoms with E-state index in [1.54, 1.807) is 0 Å². The van der Waals surface area contributed by atoms with E-state index in [0.29, 0.717) is 19.4 Å². The van der Waals surface area contributed by atoms with Crippen LogP contribution in [-0.4, -0.2) is 29.5 Å². The third-order valence-electron chi connectivity index (χ3n) is 5.65. The summed E-state index contributed by atoms with van der Waals surface area (Å²) in [5.74, 6) is 0.246. The Bertz CT molecular complexity index is 1030. The van der Waals surface area contributed by atoms with Crippen molar-refractivity contribution >= 4 is 12.0 Å². The molecule has 0 N–H and O–H groups in total. The maximum atomic E-state index is 13.1. The third-order valence-corrected chi connectivity index (χ3v) is 5.65. The summed E-state index contributed by atoms with van der Waals surface area (Å²) in [5.41, 5.74) is 3.20. The number of imide groups is 1. The smallest absolute Gasteiger partial charge is 0.416 e. The molecule has 5 nitrogen and oxygen atoms in total. The summed E-state index contributed by atoms with van der Waals surface area (Å²) in [6.45, 7) is 2.60. The Labute approximate surface area is 188 Å². The predicted molar refractivity (Wildman–Crippen MR) is 122 cm³/mol. The van der Waals surface area contributed by atoms with Crippen LogP contribution in [-0.2, 0) is 29.0 Å². The number of benzene rings is 3. The summed E-state index contributed by atoms with van der Waals surface area (Å²) in [5, 5.41) is 0. The quantitative estimate of drug-likeness (QED) is 0.504. The Balaban J connectivity index is 1.34. The van der Waals surface area contributed by atoms with Crippen molar-refractivity contribution < 1.29 is 19.1 Å². The van der Waals surface area contributed by atoms with Crippen LogP contribution in [0.15, 0.2) is 84.9 Å². The number of carbonyl (C=O) groups is 2. The van der Waals surface area contributed by atoms with E-state index in [9.17, 15) is 9.59 Å². The van der Waals surface area contributed by atoms with Crippen LogP contribution in [0.25, 0.3) is 0 Å². The molecule has 2 amide bonds. The zero-order valence-corrected chi connectivity index (χ0v) is 18.1. The van der Waals surface area contributed by atoms with Crippen molar-refractivity contribution in [1.82, 2.24) is 4.90 Å². The fourth-order valence-electron chi connectivity index (χ4n) is 3.91. The molecular weight excluding hydrogens is 402 g/mol. The highest BCUT2D eigenvalue weighted by Crippen LogP contribution is 2.22. The second-order valence-corrected chi connectivity index (χ2v) is 8.15. The van der Waals surface area contributed by atoms with Crippen LogP contribution in [0.2, 0.25) is 0 Å². The maximum Gasteiger partial charge on any atom is 0.416 e. The molecule has 164 valence electrons. The first kappa shape index (κ1) is 21.6. The lowest BCUT2D eigenvalue weighted by Crippen LogP contribution is -2.43. The molecule has 4 rings (SSSR count). The lowest BCUT2D eigenvalue weighted by atomic mass is 9.98. The minimum absolute atomic E-state index is 0.196. The topological polar surface area (TPSA) is 55.8 Å². The van der Waals surface area contributed by atoms with Gasteiger partial charge >= 0.3 is 6.09 Å². The highest BCUT2D eigenvalue weighted by atomic mass is 16.6. The molecule has 0 aliphatic carbocycles. The van der Waals surface area contributed by atoms with Crippen LogP contribution in [0.1, 0.15) is 23.6 Å². The summed E-state index contributed by atoms with van der Waals surface area (Å²) in [6.07, 6.45) is 0.588. The highest BCUT2D eigenvalue weighted by Gasteiger charge is 2.39. The van der Waals surface area contributed by atoms with Gasteiger partial charge in [0.2, 0.25) is 5.91 Å². The minimum Gasteiger partial charge on any atom is -0.489 e. The first-order valence-electron chi connectivity index (χ1n) is 10.9. The van der Waals surface area contributed by atoms with Crippen molar-refractivity contribution in [1.29, 1.82) is 0 Å². The second kappa shape index (κ2) is 10.1. The first-order chi connectivity index (χ1) is 15.6. The fraction of sp³-hybridized carbons (Fsp3) is 0.259. The van der Waals surface area contributed by atoms with Gasteiger partial charge in [-0.1, -0.05) is 79.7 Å². The molecule has 3 aromatic rings. The molecule has 3 aromatic carbocycles. The Morgan fingerprint density at radius 1 is 0.938 bits per heavy atom. The van der Waals surface area contributed by atoms with Crippen molar-refractivity contribution in [2.45, 2.75) is 32.4 Å². The van der Waals surface area contributed by atoms with Crippen LogP contribution in [0, 0.1) is 5.92 Å². The van der Waals surface area contributed by atoms with Crippen molar-refractivity contribution in [3.8, 4) is 5.75 Å². The number of ether oxygens (including phenoxy) is 2. The number of hydrogen-bond donors (Lipinski definition) is 0. The van der Waals surface area contributed by atoms with Gasteiger partial charge in [0.15, 0.2) is 0 Å². The summed E-state index contributed by atoms with van der Waals surface area (Å²) < 4.78 is 11.0. The molecule has 5 heteroatoms. The Morgan fingerprint density at radius 2 is 1.56 bits per heavy atom. The first-order valence-corrected chi connectivity index (χ1v) is 10.9. The molecule has 0 spiro atoms. The third kappa shape index (κ3) is 5.35. The van der Waals surface area contributed by atoms with Gasteiger partial charge in [0.1, 0.15) is 19.0 Å². The van der Waals surface area contributed by atoms with E-state index >= 15 is 0 Å². The monoisotopic (exact) mass is 429 g/mol. The van der Waals surface area contributed by atoms with E-state index in [0.717, 1.165) is 22.4 Å². The average molecular weight is 430 g/mol. The largest absolute Gasteiger partial charge is 0.489 e. The number of nitrogens with zero attached hydrogens (tertiary/aromatic N) is 1. The van der Waals surface area contributed by atoms with Gasteiger partial charge in [0.25, 0.3) is 0 Å². The predicted octanol–water partition coefficient (Wildman–Crippen LogP) is 5.03. The number of amides is 2. The number of carbonyl (C=O) groups excluding carboxylic acids is 2. The van der Waals surface area contributed by atoms with Gasteiger partial charge in [-0.15, -0.1) is 0 Å². The molecule has 1 heterocycles. The Hall–Kier alpha value is -3.60. The second-order valence-electron chi connectivity index (χ2n) is 8.15. The van der Waals surface area contributed by atoms with Crippen LogP contribution in [0.3, 0.4) is 0 Å². The lowest BCUT2D eigenvalue weighted by molar-refractivity contribution is -0.132. The van der Waals surface area contributed by atoms with Gasteiger partial charge in [-0.25, -0.2) is 9.69 Å². The minimum atomic E-state index is -0.549. The molecule has 0 aromatic heterocycles. The SMILES string of the molecule is C[C@@H](Cc1ccc(OCc2ccccc2)cc1)C(=O)N1C(=O)OC[C@@H]1Cc1ccccc1. The zero-order chi connectivity index (χ0) is 22.3. The van der Waals surface area contributed by atoms with E-state index in [1.807, 2.05) is 91.9 Å². The van der Waals surface area contributed by atoms with Gasteiger partial charge in [0.05, 0.1) is 6.04 Å². The fourth-order valence-corrected chi connectivity index (χ4v) is 3.91. The van der Waals surface area contributed by atoms with Crippen LogP contribution < -0.4 is 4.74 Å². The number of hydrogen-bond acceptors (Lipinski definition) is 4. The summed E-state index contributed by atoms with van der Waals surface area (Å²) in [4.78, 5) is 26.7. The van der Waals surface area contributed by atoms with Crippen molar-refractivity contribution in [2.24, 2.45) is 5.92 Å². The van der Waals surface area contributed by atoms with Crippen LogP contribution in [0.5, 0.6) is 5.75 Å². The molecule has 0 unspecified atom stereocenters. The van der Waals surface area contributed by atoms with E-state index in [2.05, 4.69) is 0 Å². The van der Waals surface area contributed by atoms with Gasteiger partial charge in [-0.05, 0) is 41.7 Å². The molecule has 1 saturated heterocycles. The Kier molecular flexibility index (Phi) is 6.85. The number of rotatable bonds is 8. The molecular formula is C27H27NO4. The molecule has 1 fully saturated rings. The molecule has 1 aliphatic rings. The van der Waals surface area contributed by atoms with Gasteiger partial charge in [0, 0.05) is 5.92 Å². The van der Waals surface area contributed by atoms with E-state index < -0.39 is 6.09 Å². The van der Waals surface area contributed by atoms with E-state index in [4.69, 9.17) is 9.47 Å². The molecule has 1 aliphatic heterocycles. The van der Waals surface area contributed by atoms with Gasteiger partial charge < -0.3 is 9.47 Å².